The van der Waals surface area contributed by atoms with Crippen LogP contribution in [0.3, 0.4) is 0 Å². The molecule has 0 aromatic rings. The largest absolute Gasteiger partial charge is 0.344 e. The van der Waals surface area contributed by atoms with Gasteiger partial charge in [0.1, 0.15) is 17.9 Å². The van der Waals surface area contributed by atoms with E-state index in [0.29, 0.717) is 67.0 Å². The van der Waals surface area contributed by atoms with Crippen molar-refractivity contribution in [2.24, 2.45) is 58.2 Å². The Morgan fingerprint density at radius 1 is 0.892 bits per heavy atom. The molecule has 1 heterocycles. The second kappa shape index (κ2) is 9.54. The Hall–Kier alpha value is -1.07. The van der Waals surface area contributed by atoms with Crippen molar-refractivity contribution in [2.75, 3.05) is 0 Å². The summed E-state index contributed by atoms with van der Waals surface area (Å²) < 4.78 is 13.1. The van der Waals surface area contributed by atoms with Gasteiger partial charge in [0, 0.05) is 31.6 Å². The van der Waals surface area contributed by atoms with Gasteiger partial charge in [0.15, 0.2) is 5.79 Å². The molecule has 37 heavy (non-hydrogen) atoms. The van der Waals surface area contributed by atoms with Crippen LogP contribution in [0.4, 0.5) is 0 Å². The Bertz CT molecular complexity index is 924. The molecule has 5 fully saturated rings. The second-order valence-electron chi connectivity index (χ2n) is 14.8. The first kappa shape index (κ1) is 27.5. The van der Waals surface area contributed by atoms with E-state index in [4.69, 9.17) is 9.47 Å². The predicted molar refractivity (Wildman–Crippen MR) is 143 cm³/mol. The zero-order valence-electron chi connectivity index (χ0n) is 24.3. The summed E-state index contributed by atoms with van der Waals surface area (Å²) >= 11 is 0. The number of fused-ring (bicyclic) bond motifs is 5. The molecular weight excluding hydrogens is 464 g/mol. The summed E-state index contributed by atoms with van der Waals surface area (Å²) in [6.07, 6.45) is 8.86. The number of carbonyl (C=O) groups is 3. The van der Waals surface area contributed by atoms with Crippen LogP contribution in [0.2, 0.25) is 0 Å². The highest BCUT2D eigenvalue weighted by atomic mass is 16.8. The number of carbonyl (C=O) groups excluding carboxylic acids is 3. The maximum Gasteiger partial charge on any atom is 0.163 e. The van der Waals surface area contributed by atoms with E-state index in [1.807, 2.05) is 13.8 Å². The molecule has 5 nitrogen and oxygen atoms in total. The SMILES string of the molecule is CC(C)[C@H](CC=O)[C@H]1OC(C)(C)O[C@@H]1[C@@H](C)[C@H]1CC[C@H]2[C@@H]3CC(=O)[C@@H]4CC(=O)CC[C@]4(C)[C@H]3CC[C@]12C. The van der Waals surface area contributed by atoms with Crippen molar-refractivity contribution >= 4 is 17.9 Å². The van der Waals surface area contributed by atoms with Crippen LogP contribution in [0.25, 0.3) is 0 Å². The van der Waals surface area contributed by atoms with Gasteiger partial charge in [-0.25, -0.2) is 0 Å². The van der Waals surface area contributed by atoms with Gasteiger partial charge in [-0.15, -0.1) is 0 Å². The Morgan fingerprint density at radius 2 is 1.57 bits per heavy atom. The smallest absolute Gasteiger partial charge is 0.163 e. The number of rotatable bonds is 6. The average Bonchev–Trinajstić information content (AvgIpc) is 3.34. The van der Waals surface area contributed by atoms with Crippen molar-refractivity contribution in [1.82, 2.24) is 0 Å². The fraction of sp³-hybridized carbons (Fsp3) is 0.906. The molecule has 0 aromatic carbocycles. The van der Waals surface area contributed by atoms with Crippen LogP contribution in [0.1, 0.15) is 106 Å². The standard InChI is InChI=1S/C32H50O5/c1-18(2)21(12-15-33)29-28(36-30(4,5)37-29)19(3)23-8-9-24-22-17-27(35)26-16-20(34)10-13-32(26,7)25(22)11-14-31(23,24)6/h15,18-19,21-26,28-29H,8-14,16-17H2,1-7H3/t19-,21-,22-,23+,24-,25-,26-,28+,29+,31+,32+/m0/s1. The lowest BCUT2D eigenvalue weighted by Crippen LogP contribution is -2.57. The minimum Gasteiger partial charge on any atom is -0.344 e. The van der Waals surface area contributed by atoms with E-state index in [2.05, 4.69) is 34.6 Å². The summed E-state index contributed by atoms with van der Waals surface area (Å²) in [5.74, 6) is 2.85. The van der Waals surface area contributed by atoms with E-state index in [1.54, 1.807) is 0 Å². The first-order valence-corrected chi connectivity index (χ1v) is 15.2. The van der Waals surface area contributed by atoms with Gasteiger partial charge in [0.25, 0.3) is 0 Å². The Kier molecular flexibility index (Phi) is 7.09. The molecule has 0 amide bonds. The lowest BCUT2D eigenvalue weighted by Gasteiger charge is -2.60. The van der Waals surface area contributed by atoms with Crippen molar-refractivity contribution in [3.8, 4) is 0 Å². The van der Waals surface area contributed by atoms with E-state index in [1.165, 1.54) is 25.7 Å². The third-order valence-corrected chi connectivity index (χ3v) is 12.3. The summed E-state index contributed by atoms with van der Waals surface area (Å²) in [7, 11) is 0. The fourth-order valence-electron chi connectivity index (χ4n) is 10.4. The van der Waals surface area contributed by atoms with Crippen LogP contribution in [0.15, 0.2) is 0 Å². The van der Waals surface area contributed by atoms with Gasteiger partial charge in [-0.05, 0) is 98.2 Å². The van der Waals surface area contributed by atoms with Gasteiger partial charge in [-0.2, -0.15) is 0 Å². The second-order valence-corrected chi connectivity index (χ2v) is 14.8. The quantitative estimate of drug-likeness (QED) is 0.383. The van der Waals surface area contributed by atoms with Crippen LogP contribution in [0, 0.1) is 58.2 Å². The van der Waals surface area contributed by atoms with Gasteiger partial charge in [0.05, 0.1) is 12.2 Å². The van der Waals surface area contributed by atoms with Crippen LogP contribution < -0.4 is 0 Å². The van der Waals surface area contributed by atoms with Gasteiger partial charge >= 0.3 is 0 Å². The topological polar surface area (TPSA) is 69.7 Å². The Labute approximate surface area is 224 Å². The predicted octanol–water partition coefficient (Wildman–Crippen LogP) is 6.41. The first-order valence-electron chi connectivity index (χ1n) is 15.2. The van der Waals surface area contributed by atoms with Crippen molar-refractivity contribution in [2.45, 2.75) is 124 Å². The number of aldehydes is 1. The van der Waals surface area contributed by atoms with Gasteiger partial charge in [-0.1, -0.05) is 34.6 Å². The van der Waals surface area contributed by atoms with E-state index in [-0.39, 0.29) is 40.7 Å². The van der Waals surface area contributed by atoms with Crippen molar-refractivity contribution < 1.29 is 23.9 Å². The molecule has 1 saturated heterocycles. The minimum atomic E-state index is -0.645. The monoisotopic (exact) mass is 514 g/mol. The minimum absolute atomic E-state index is 0.00418. The highest BCUT2D eigenvalue weighted by molar-refractivity contribution is 5.90. The zero-order valence-corrected chi connectivity index (χ0v) is 24.3. The molecule has 5 aliphatic rings. The number of hydrogen-bond acceptors (Lipinski definition) is 5. The number of ketones is 2. The van der Waals surface area contributed by atoms with Gasteiger partial charge in [-0.3, -0.25) is 9.59 Å². The van der Waals surface area contributed by atoms with Crippen molar-refractivity contribution in [3.63, 3.8) is 0 Å². The van der Waals surface area contributed by atoms with Gasteiger partial charge < -0.3 is 14.3 Å². The first-order chi connectivity index (χ1) is 17.3. The number of hydrogen-bond donors (Lipinski definition) is 0. The van der Waals surface area contributed by atoms with Crippen LogP contribution in [0.5, 0.6) is 0 Å². The summed E-state index contributed by atoms with van der Waals surface area (Å²) in [5.41, 5.74) is 0.183. The molecule has 0 unspecified atom stereocenters. The van der Waals surface area contributed by atoms with Crippen LogP contribution in [-0.2, 0) is 23.9 Å². The number of Topliss-reactive ketones (excluding diaryl/α,β-unsaturated/α-hetero) is 2. The summed E-state index contributed by atoms with van der Waals surface area (Å²) in [6.45, 7) is 15.6. The molecule has 11 atom stereocenters. The van der Waals surface area contributed by atoms with Crippen molar-refractivity contribution in [3.05, 3.63) is 0 Å². The number of ether oxygens (including phenoxy) is 2. The normalized spacial score (nSPS) is 46.8. The van der Waals surface area contributed by atoms with Crippen LogP contribution in [-0.4, -0.2) is 35.8 Å². The molecule has 0 bridgehead atoms. The molecule has 1 aliphatic heterocycles. The van der Waals surface area contributed by atoms with E-state index >= 15 is 0 Å². The van der Waals surface area contributed by atoms with E-state index < -0.39 is 5.79 Å². The molecular formula is C32H50O5. The zero-order chi connectivity index (χ0) is 26.9. The molecule has 0 spiro atoms. The molecule has 0 N–H and O–H groups in total. The van der Waals surface area contributed by atoms with E-state index in [9.17, 15) is 14.4 Å². The molecule has 5 rings (SSSR count). The molecule has 0 radical (unpaired) electrons. The average molecular weight is 515 g/mol. The molecule has 5 heteroatoms. The third-order valence-electron chi connectivity index (χ3n) is 12.3. The maximum atomic E-state index is 13.4. The summed E-state index contributed by atoms with van der Waals surface area (Å²) in [5, 5.41) is 0. The highest BCUT2D eigenvalue weighted by Crippen LogP contribution is 2.68. The molecule has 0 aromatic heterocycles. The summed E-state index contributed by atoms with van der Waals surface area (Å²) in [6, 6.07) is 0. The van der Waals surface area contributed by atoms with E-state index in [0.717, 1.165) is 12.7 Å². The molecule has 4 aliphatic carbocycles. The Morgan fingerprint density at radius 3 is 2.24 bits per heavy atom. The van der Waals surface area contributed by atoms with Gasteiger partial charge in [0.2, 0.25) is 0 Å². The van der Waals surface area contributed by atoms with Crippen LogP contribution >= 0.6 is 0 Å². The summed E-state index contributed by atoms with van der Waals surface area (Å²) in [4.78, 5) is 37.3. The lowest BCUT2D eigenvalue weighted by molar-refractivity contribution is -0.164. The lowest BCUT2D eigenvalue weighted by atomic mass is 9.44. The molecule has 4 saturated carbocycles. The van der Waals surface area contributed by atoms with Crippen molar-refractivity contribution in [1.29, 1.82) is 0 Å². The molecule has 208 valence electrons. The maximum absolute atomic E-state index is 13.4. The highest BCUT2D eigenvalue weighted by Gasteiger charge is 2.63. The fourth-order valence-corrected chi connectivity index (χ4v) is 10.4. The third kappa shape index (κ3) is 4.39. The Balaban J connectivity index is 1.40.